The van der Waals surface area contributed by atoms with E-state index in [-0.39, 0.29) is 30.1 Å². The van der Waals surface area contributed by atoms with Crippen molar-refractivity contribution in [3.8, 4) is 0 Å². The van der Waals surface area contributed by atoms with Crippen LogP contribution < -0.4 is 15.5 Å². The first kappa shape index (κ1) is 38.3. The predicted octanol–water partition coefficient (Wildman–Crippen LogP) is 7.88. The van der Waals surface area contributed by atoms with Gasteiger partial charge in [-0.25, -0.2) is 4.39 Å². The molecule has 7 heteroatoms. The fraction of sp³-hybridized carbons (Fsp3) is 0.611. The number of aromatic nitrogens is 1. The van der Waals surface area contributed by atoms with Gasteiger partial charge in [0.05, 0.1) is 12.3 Å². The molecule has 0 aliphatic carbocycles. The highest BCUT2D eigenvalue weighted by molar-refractivity contribution is 5.75. The van der Waals surface area contributed by atoms with Crippen molar-refractivity contribution in [2.75, 3.05) is 31.1 Å². The standard InChI is InChI=1S/C19H30FNO.C17H29N3O/c1-6-7-12-16(4)14-18(20)19(21-17(5)22)13-10-8-9-11-15(2)3;1-4-13(2)5-6-16-14(3)18-8-7-17(16)20-10-9-19-15(11-20)12-21/h11-14H,6-10H2,1-5H3,(H,21,22);7-8,13,15,19,21H,4-6,9-12H2,1-3H3/b16-12-,18-14+,19-13+;/t;13?,15-/m.0/s1. The third-order valence-corrected chi connectivity index (χ3v) is 7.63. The summed E-state index contributed by atoms with van der Waals surface area (Å²) in [6.45, 7) is 19.1. The van der Waals surface area contributed by atoms with Crippen LogP contribution in [0.25, 0.3) is 0 Å². The summed E-state index contributed by atoms with van der Waals surface area (Å²) >= 11 is 0. The topological polar surface area (TPSA) is 77.5 Å². The number of piperazine rings is 1. The average molecular weight is 599 g/mol. The number of unbranched alkanes of at least 4 members (excludes halogenated alkanes) is 3. The van der Waals surface area contributed by atoms with Gasteiger partial charge in [0, 0.05) is 50.2 Å². The Balaban J connectivity index is 0.000000430. The van der Waals surface area contributed by atoms with E-state index < -0.39 is 0 Å². The molecule has 2 atom stereocenters. The summed E-state index contributed by atoms with van der Waals surface area (Å²) in [4.78, 5) is 18.1. The Kier molecular flexibility index (Phi) is 19.4. The fourth-order valence-electron chi connectivity index (χ4n) is 4.81. The number of amides is 1. The number of hydrogen-bond acceptors (Lipinski definition) is 5. The van der Waals surface area contributed by atoms with Crippen molar-refractivity contribution in [3.05, 3.63) is 70.5 Å². The maximum absolute atomic E-state index is 14.3. The molecule has 0 bridgehead atoms. The van der Waals surface area contributed by atoms with Gasteiger partial charge in [-0.3, -0.25) is 9.78 Å². The number of nitrogens with zero attached hydrogens (tertiary/aromatic N) is 2. The SMILES string of the molecule is CCC(C)CCc1c(N2CCN[C@H](CO)C2)ccnc1C.CCC\C=C(C)/C=C(F)\C(=C/CCCC=C(C)C)NC(C)=O. The van der Waals surface area contributed by atoms with Crippen molar-refractivity contribution < 1.29 is 14.3 Å². The van der Waals surface area contributed by atoms with Crippen LogP contribution >= 0.6 is 0 Å². The van der Waals surface area contributed by atoms with Gasteiger partial charge in [-0.15, -0.1) is 0 Å². The first-order valence-corrected chi connectivity index (χ1v) is 16.2. The Morgan fingerprint density at radius 3 is 2.53 bits per heavy atom. The van der Waals surface area contributed by atoms with Gasteiger partial charge in [0.25, 0.3) is 0 Å². The summed E-state index contributed by atoms with van der Waals surface area (Å²) in [6.07, 6.45) is 17.5. The summed E-state index contributed by atoms with van der Waals surface area (Å²) in [5.74, 6) is 0.113. The zero-order chi connectivity index (χ0) is 32.2. The van der Waals surface area contributed by atoms with E-state index in [1.165, 1.54) is 42.7 Å². The second kappa shape index (κ2) is 21.8. The van der Waals surface area contributed by atoms with E-state index >= 15 is 0 Å². The van der Waals surface area contributed by atoms with E-state index in [0.29, 0.717) is 0 Å². The van der Waals surface area contributed by atoms with E-state index in [4.69, 9.17) is 0 Å². The van der Waals surface area contributed by atoms with E-state index in [2.05, 4.69) is 74.2 Å². The Morgan fingerprint density at radius 1 is 1.19 bits per heavy atom. The highest BCUT2D eigenvalue weighted by Crippen LogP contribution is 2.26. The smallest absolute Gasteiger partial charge is 0.221 e. The molecule has 6 nitrogen and oxygen atoms in total. The molecule has 0 spiro atoms. The molecule has 1 unspecified atom stereocenters. The van der Waals surface area contributed by atoms with Crippen LogP contribution in [0.2, 0.25) is 0 Å². The van der Waals surface area contributed by atoms with Crippen LogP contribution in [0.3, 0.4) is 0 Å². The summed E-state index contributed by atoms with van der Waals surface area (Å²) in [6, 6.07) is 2.31. The number of aliphatic hydroxyl groups excluding tert-OH is 1. The number of anilines is 1. The summed E-state index contributed by atoms with van der Waals surface area (Å²) < 4.78 is 14.3. The molecular formula is C36H59FN4O2. The molecule has 0 radical (unpaired) electrons. The molecule has 1 aliphatic rings. The molecule has 1 saturated heterocycles. The van der Waals surface area contributed by atoms with Gasteiger partial charge in [0.15, 0.2) is 0 Å². The lowest BCUT2D eigenvalue weighted by Crippen LogP contribution is -2.52. The lowest BCUT2D eigenvalue weighted by atomic mass is 9.96. The fourth-order valence-corrected chi connectivity index (χ4v) is 4.81. The number of aliphatic hydroxyl groups is 1. The van der Waals surface area contributed by atoms with Gasteiger partial charge < -0.3 is 20.6 Å². The first-order chi connectivity index (χ1) is 20.5. The van der Waals surface area contributed by atoms with Crippen molar-refractivity contribution >= 4 is 11.6 Å². The second-order valence-electron chi connectivity index (χ2n) is 12.0. The lowest BCUT2D eigenvalue weighted by molar-refractivity contribution is -0.118. The number of carbonyl (C=O) groups excluding carboxylic acids is 1. The van der Waals surface area contributed by atoms with Gasteiger partial charge in [-0.05, 0) is 89.8 Å². The molecule has 2 rings (SSSR count). The van der Waals surface area contributed by atoms with Crippen molar-refractivity contribution in [3.63, 3.8) is 0 Å². The molecule has 43 heavy (non-hydrogen) atoms. The van der Waals surface area contributed by atoms with Gasteiger partial charge in [-0.1, -0.05) is 63.0 Å². The van der Waals surface area contributed by atoms with Crippen LogP contribution in [-0.2, 0) is 11.2 Å². The molecule has 1 aromatic rings. The van der Waals surface area contributed by atoms with Gasteiger partial charge >= 0.3 is 0 Å². The van der Waals surface area contributed by atoms with E-state index in [0.717, 1.165) is 75.3 Å². The molecule has 1 amide bonds. The van der Waals surface area contributed by atoms with Crippen LogP contribution in [0.1, 0.15) is 105 Å². The minimum Gasteiger partial charge on any atom is -0.395 e. The average Bonchev–Trinajstić information content (AvgIpc) is 2.98. The van der Waals surface area contributed by atoms with Crippen LogP contribution in [0.15, 0.2) is 59.2 Å². The highest BCUT2D eigenvalue weighted by atomic mass is 19.1. The second-order valence-corrected chi connectivity index (χ2v) is 12.0. The minimum atomic E-state index is -0.387. The van der Waals surface area contributed by atoms with Gasteiger partial charge in [0.2, 0.25) is 5.91 Å². The Morgan fingerprint density at radius 2 is 1.91 bits per heavy atom. The normalized spacial score (nSPS) is 16.7. The monoisotopic (exact) mass is 598 g/mol. The molecule has 3 N–H and O–H groups in total. The van der Waals surface area contributed by atoms with Crippen LogP contribution in [-0.4, -0.2) is 48.3 Å². The van der Waals surface area contributed by atoms with Crippen LogP contribution in [0, 0.1) is 12.8 Å². The molecule has 1 fully saturated rings. The summed E-state index contributed by atoms with van der Waals surface area (Å²) in [5.41, 5.74) is 6.28. The largest absolute Gasteiger partial charge is 0.395 e. The van der Waals surface area contributed by atoms with Crippen LogP contribution in [0.4, 0.5) is 10.1 Å². The van der Waals surface area contributed by atoms with Crippen molar-refractivity contribution in [2.24, 2.45) is 5.92 Å². The zero-order valence-electron chi connectivity index (χ0n) is 28.2. The Bertz CT molecular complexity index is 1090. The number of aryl methyl sites for hydroxylation is 1. The summed E-state index contributed by atoms with van der Waals surface area (Å²) in [5, 5.41) is 15.3. The van der Waals surface area contributed by atoms with E-state index in [1.54, 1.807) is 6.08 Å². The van der Waals surface area contributed by atoms with Crippen molar-refractivity contribution in [1.82, 2.24) is 15.6 Å². The van der Waals surface area contributed by atoms with Gasteiger partial charge in [0.1, 0.15) is 5.83 Å². The number of hydrogen-bond donors (Lipinski definition) is 3. The van der Waals surface area contributed by atoms with Crippen molar-refractivity contribution in [1.29, 1.82) is 0 Å². The van der Waals surface area contributed by atoms with E-state index in [9.17, 15) is 14.3 Å². The highest BCUT2D eigenvalue weighted by Gasteiger charge is 2.21. The lowest BCUT2D eigenvalue weighted by Gasteiger charge is -2.36. The molecule has 0 aromatic carbocycles. The van der Waals surface area contributed by atoms with Crippen molar-refractivity contribution in [2.45, 2.75) is 113 Å². The molecular weight excluding hydrogens is 539 g/mol. The number of halogens is 1. The molecule has 1 aliphatic heterocycles. The molecule has 0 saturated carbocycles. The number of carbonyl (C=O) groups is 1. The Hall–Kier alpha value is -2.77. The minimum absolute atomic E-state index is 0.176. The number of nitrogens with one attached hydrogen (secondary N) is 2. The quantitative estimate of drug-likeness (QED) is 0.109. The molecule has 242 valence electrons. The predicted molar refractivity (Wildman–Crippen MR) is 181 cm³/mol. The number of allylic oxidation sites excluding steroid dienone is 7. The Labute approximate surface area is 261 Å². The molecule has 1 aromatic heterocycles. The molecule has 2 heterocycles. The zero-order valence-corrected chi connectivity index (χ0v) is 28.2. The third-order valence-electron chi connectivity index (χ3n) is 7.63. The third kappa shape index (κ3) is 16.0. The van der Waals surface area contributed by atoms with Gasteiger partial charge in [-0.2, -0.15) is 0 Å². The van der Waals surface area contributed by atoms with Crippen LogP contribution in [0.5, 0.6) is 0 Å². The number of rotatable bonds is 15. The van der Waals surface area contributed by atoms with E-state index in [1.807, 2.05) is 19.2 Å². The number of pyridine rings is 1. The maximum Gasteiger partial charge on any atom is 0.221 e. The first-order valence-electron chi connectivity index (χ1n) is 16.2. The summed E-state index contributed by atoms with van der Waals surface area (Å²) in [7, 11) is 0. The maximum atomic E-state index is 14.3.